The van der Waals surface area contributed by atoms with Crippen molar-refractivity contribution in [2.45, 2.75) is 25.3 Å². The predicted octanol–water partition coefficient (Wildman–Crippen LogP) is 2.49. The van der Waals surface area contributed by atoms with E-state index in [9.17, 15) is 9.59 Å². The van der Waals surface area contributed by atoms with Gasteiger partial charge in [-0.05, 0) is 36.6 Å². The van der Waals surface area contributed by atoms with Gasteiger partial charge in [0.05, 0.1) is 6.26 Å². The van der Waals surface area contributed by atoms with Crippen molar-refractivity contribution in [3.63, 3.8) is 0 Å². The Balaban J connectivity index is 1.52. The molecule has 3 aromatic rings. The maximum Gasteiger partial charge on any atom is 0.290 e. The first-order chi connectivity index (χ1) is 13.6. The second-order valence-corrected chi connectivity index (χ2v) is 7.01. The average Bonchev–Trinajstić information content (AvgIpc) is 3.27. The molecule has 7 heteroatoms. The van der Waals surface area contributed by atoms with Crippen LogP contribution in [0.5, 0.6) is 0 Å². The number of likely N-dealkylation sites (tertiary alicyclic amines) is 1. The summed E-state index contributed by atoms with van der Waals surface area (Å²) in [4.78, 5) is 27.0. The lowest BCUT2D eigenvalue weighted by Gasteiger charge is -2.33. The van der Waals surface area contributed by atoms with E-state index in [0.717, 1.165) is 17.5 Å². The Bertz CT molecular complexity index is 1010. The van der Waals surface area contributed by atoms with Crippen LogP contribution >= 0.6 is 0 Å². The van der Waals surface area contributed by atoms with Gasteiger partial charge in [-0.15, -0.1) is 0 Å². The molecule has 1 amide bonds. The van der Waals surface area contributed by atoms with Crippen molar-refractivity contribution < 1.29 is 9.21 Å². The number of nitrogens with two attached hydrogens (primary N) is 1. The highest BCUT2D eigenvalue weighted by Crippen LogP contribution is 2.26. The number of furan rings is 1. The van der Waals surface area contributed by atoms with Crippen LogP contribution in [0.2, 0.25) is 0 Å². The van der Waals surface area contributed by atoms with Crippen molar-refractivity contribution in [1.29, 1.82) is 0 Å². The van der Waals surface area contributed by atoms with Crippen molar-refractivity contribution in [2.24, 2.45) is 0 Å². The third kappa shape index (κ3) is 3.69. The summed E-state index contributed by atoms with van der Waals surface area (Å²) in [6.45, 7) is 1.19. The maximum absolute atomic E-state index is 12.9. The Morgan fingerprint density at radius 3 is 2.79 bits per heavy atom. The lowest BCUT2D eigenvalue weighted by Crippen LogP contribution is -2.42. The van der Waals surface area contributed by atoms with Gasteiger partial charge in [0.25, 0.3) is 5.56 Å². The van der Waals surface area contributed by atoms with E-state index in [1.54, 1.807) is 12.1 Å². The molecule has 1 atom stereocenters. The first-order valence-corrected chi connectivity index (χ1v) is 9.36. The molecule has 28 heavy (non-hydrogen) atoms. The number of carbonyl (C=O) groups excluding carboxylic acids is 1. The summed E-state index contributed by atoms with van der Waals surface area (Å²) in [6.07, 6.45) is 3.50. The van der Waals surface area contributed by atoms with E-state index in [4.69, 9.17) is 10.2 Å². The van der Waals surface area contributed by atoms with Crippen molar-refractivity contribution in [2.75, 3.05) is 18.8 Å². The zero-order valence-electron chi connectivity index (χ0n) is 15.5. The summed E-state index contributed by atoms with van der Waals surface area (Å²) in [7, 11) is 0. The molecule has 0 aliphatic carbocycles. The molecular weight excluding hydrogens is 356 g/mol. The van der Waals surface area contributed by atoms with Gasteiger partial charge in [-0.25, -0.2) is 4.68 Å². The highest BCUT2D eigenvalue weighted by Gasteiger charge is 2.25. The maximum atomic E-state index is 12.9. The quantitative estimate of drug-likeness (QED) is 0.753. The van der Waals surface area contributed by atoms with E-state index < -0.39 is 5.56 Å². The van der Waals surface area contributed by atoms with Gasteiger partial charge in [0.2, 0.25) is 5.91 Å². The fraction of sp³-hybridized carbons (Fsp3) is 0.286. The smallest absolute Gasteiger partial charge is 0.290 e. The van der Waals surface area contributed by atoms with Crippen LogP contribution in [0.1, 0.15) is 24.3 Å². The lowest BCUT2D eigenvalue weighted by atomic mass is 9.90. The average molecular weight is 378 g/mol. The SMILES string of the molecule is Nc1cc(-c2ccco2)nn(CC(=O)N2CCCC(c3ccccc3)C2)c1=O. The molecule has 0 spiro atoms. The number of hydrogen-bond donors (Lipinski definition) is 1. The van der Waals surface area contributed by atoms with E-state index in [-0.39, 0.29) is 18.1 Å². The predicted molar refractivity (Wildman–Crippen MR) is 106 cm³/mol. The number of piperidine rings is 1. The summed E-state index contributed by atoms with van der Waals surface area (Å²) in [5, 5.41) is 4.27. The number of rotatable bonds is 4. The summed E-state index contributed by atoms with van der Waals surface area (Å²) in [5.74, 6) is 0.671. The van der Waals surface area contributed by atoms with Crippen LogP contribution < -0.4 is 11.3 Å². The number of nitrogens with zero attached hydrogens (tertiary/aromatic N) is 3. The van der Waals surface area contributed by atoms with Crippen molar-refractivity contribution in [3.8, 4) is 11.5 Å². The molecule has 1 fully saturated rings. The summed E-state index contributed by atoms with van der Waals surface area (Å²) < 4.78 is 6.45. The van der Waals surface area contributed by atoms with Crippen LogP contribution in [0.4, 0.5) is 5.69 Å². The van der Waals surface area contributed by atoms with Crippen molar-refractivity contribution in [3.05, 3.63) is 70.7 Å². The van der Waals surface area contributed by atoms with E-state index in [1.165, 1.54) is 17.9 Å². The molecule has 2 aromatic heterocycles. The van der Waals surface area contributed by atoms with Crippen LogP contribution in [0.25, 0.3) is 11.5 Å². The van der Waals surface area contributed by atoms with Gasteiger partial charge in [-0.2, -0.15) is 5.10 Å². The van der Waals surface area contributed by atoms with Crippen LogP contribution in [-0.2, 0) is 11.3 Å². The topological polar surface area (TPSA) is 94.4 Å². The third-order valence-corrected chi connectivity index (χ3v) is 5.11. The molecule has 1 aliphatic heterocycles. The summed E-state index contributed by atoms with van der Waals surface area (Å²) in [6, 6.07) is 15.1. The molecule has 1 aliphatic rings. The van der Waals surface area contributed by atoms with E-state index >= 15 is 0 Å². The zero-order valence-corrected chi connectivity index (χ0v) is 15.5. The first-order valence-electron chi connectivity index (χ1n) is 9.36. The Morgan fingerprint density at radius 2 is 2.04 bits per heavy atom. The van der Waals surface area contributed by atoms with Gasteiger partial charge in [0, 0.05) is 19.0 Å². The first kappa shape index (κ1) is 18.0. The van der Waals surface area contributed by atoms with Crippen LogP contribution in [0.3, 0.4) is 0 Å². The highest BCUT2D eigenvalue weighted by molar-refractivity contribution is 5.76. The largest absolute Gasteiger partial charge is 0.463 e. The normalized spacial score (nSPS) is 16.9. The van der Waals surface area contributed by atoms with E-state index in [2.05, 4.69) is 17.2 Å². The minimum Gasteiger partial charge on any atom is -0.463 e. The van der Waals surface area contributed by atoms with Crippen LogP contribution in [0.15, 0.2) is 64.0 Å². The second-order valence-electron chi connectivity index (χ2n) is 7.01. The standard InChI is InChI=1S/C21H22N4O3/c22-17-12-18(19-9-5-11-28-19)23-25(21(17)27)14-20(26)24-10-4-8-16(13-24)15-6-2-1-3-7-15/h1-3,5-7,9,11-12,16H,4,8,10,13-14,22H2. The molecule has 1 unspecified atom stereocenters. The lowest BCUT2D eigenvalue weighted by molar-refractivity contribution is -0.133. The Labute approximate surface area is 162 Å². The second kappa shape index (κ2) is 7.72. The monoisotopic (exact) mass is 378 g/mol. The Hall–Kier alpha value is -3.35. The number of nitrogen functional groups attached to an aromatic ring is 1. The molecule has 7 nitrogen and oxygen atoms in total. The van der Waals surface area contributed by atoms with Crippen molar-refractivity contribution in [1.82, 2.24) is 14.7 Å². The Morgan fingerprint density at radius 1 is 1.21 bits per heavy atom. The van der Waals surface area contributed by atoms with Gasteiger partial charge in [0.1, 0.15) is 17.9 Å². The minimum absolute atomic E-state index is 0.0370. The van der Waals surface area contributed by atoms with Crippen LogP contribution in [0, 0.1) is 0 Å². The molecule has 0 saturated carbocycles. The third-order valence-electron chi connectivity index (χ3n) is 5.11. The number of hydrogen-bond acceptors (Lipinski definition) is 5. The molecular formula is C21H22N4O3. The summed E-state index contributed by atoms with van der Waals surface area (Å²) in [5.41, 5.74) is 7.07. The number of benzene rings is 1. The molecule has 1 aromatic carbocycles. The molecule has 1 saturated heterocycles. The van der Waals surface area contributed by atoms with Crippen molar-refractivity contribution >= 4 is 11.6 Å². The zero-order chi connectivity index (χ0) is 19.5. The fourth-order valence-electron chi connectivity index (χ4n) is 3.64. The molecule has 4 rings (SSSR count). The molecule has 3 heterocycles. The van der Waals surface area contributed by atoms with Gasteiger partial charge in [0.15, 0.2) is 5.76 Å². The highest BCUT2D eigenvalue weighted by atomic mass is 16.3. The number of amides is 1. The minimum atomic E-state index is -0.472. The summed E-state index contributed by atoms with van der Waals surface area (Å²) >= 11 is 0. The van der Waals surface area contributed by atoms with Gasteiger partial charge in [-0.1, -0.05) is 30.3 Å². The molecule has 0 radical (unpaired) electrons. The van der Waals surface area contributed by atoms with Gasteiger partial charge < -0.3 is 15.1 Å². The van der Waals surface area contributed by atoms with Gasteiger partial charge in [-0.3, -0.25) is 9.59 Å². The number of anilines is 1. The molecule has 2 N–H and O–H groups in total. The van der Waals surface area contributed by atoms with E-state index in [0.29, 0.717) is 30.5 Å². The molecule has 144 valence electrons. The van der Waals surface area contributed by atoms with E-state index in [1.807, 2.05) is 23.1 Å². The number of carbonyl (C=O) groups is 1. The molecule has 0 bridgehead atoms. The van der Waals surface area contributed by atoms with Crippen LogP contribution in [-0.4, -0.2) is 33.7 Å². The Kier molecular flexibility index (Phi) is 4.97. The van der Waals surface area contributed by atoms with Gasteiger partial charge >= 0.3 is 0 Å². The number of aromatic nitrogens is 2. The fourth-order valence-corrected chi connectivity index (χ4v) is 3.64.